The van der Waals surface area contributed by atoms with Crippen molar-refractivity contribution in [2.75, 3.05) is 0 Å². The molecule has 1 amide bonds. The predicted octanol–water partition coefficient (Wildman–Crippen LogP) is 2.82. The number of fused-ring (bicyclic) bond motifs is 1. The molecule has 0 aliphatic heterocycles. The number of imidazole rings is 1. The van der Waals surface area contributed by atoms with E-state index < -0.39 is 23.6 Å². The molecule has 0 unspecified atom stereocenters. The zero-order valence-electron chi connectivity index (χ0n) is 14.7. The van der Waals surface area contributed by atoms with E-state index in [0.717, 1.165) is 12.1 Å². The highest BCUT2D eigenvalue weighted by Crippen LogP contribution is 2.24. The summed E-state index contributed by atoms with van der Waals surface area (Å²) in [4.78, 5) is 27.5. The number of aryl methyl sites for hydroxylation is 1. The fourth-order valence-corrected chi connectivity index (χ4v) is 2.67. The van der Waals surface area contributed by atoms with Crippen LogP contribution < -0.4 is 10.1 Å². The number of aromatic nitrogens is 2. The van der Waals surface area contributed by atoms with Crippen molar-refractivity contribution in [3.8, 4) is 5.75 Å². The second-order valence-electron chi connectivity index (χ2n) is 6.00. The van der Waals surface area contributed by atoms with Crippen molar-refractivity contribution in [3.63, 3.8) is 0 Å². The Morgan fingerprint density at radius 3 is 2.67 bits per heavy atom. The second kappa shape index (κ2) is 7.53. The molecule has 0 aliphatic rings. The number of pyridine rings is 1. The average Bonchev–Trinajstić information content (AvgIpc) is 2.97. The van der Waals surface area contributed by atoms with E-state index in [9.17, 15) is 18.4 Å². The van der Waals surface area contributed by atoms with E-state index in [2.05, 4.69) is 10.3 Å². The topological polar surface area (TPSA) is 72.7 Å². The van der Waals surface area contributed by atoms with Crippen molar-refractivity contribution >= 4 is 17.8 Å². The minimum atomic E-state index is -0.704. The minimum absolute atomic E-state index is 0.194. The molecule has 0 bridgehead atoms. The molecule has 140 valence electrons. The number of hydrogen-bond donors (Lipinski definition) is 1. The number of carbonyl (C=O) groups excluding carboxylic acids is 2. The third-order valence-electron chi connectivity index (χ3n) is 4.00. The van der Waals surface area contributed by atoms with Crippen LogP contribution >= 0.6 is 0 Å². The highest BCUT2D eigenvalue weighted by Gasteiger charge is 2.20. The number of halogens is 2. The molecule has 27 heavy (non-hydrogen) atoms. The van der Waals surface area contributed by atoms with Crippen LogP contribution in [0.2, 0.25) is 0 Å². The van der Waals surface area contributed by atoms with Gasteiger partial charge >= 0.3 is 0 Å². The molecule has 2 heterocycles. The van der Waals surface area contributed by atoms with Crippen LogP contribution in [0.5, 0.6) is 5.75 Å². The Balaban J connectivity index is 1.93. The van der Waals surface area contributed by atoms with Gasteiger partial charge in [-0.15, -0.1) is 0 Å². The molecule has 0 saturated carbocycles. The molecule has 0 radical (unpaired) electrons. The van der Waals surface area contributed by atoms with Crippen LogP contribution in [0.1, 0.15) is 28.7 Å². The van der Waals surface area contributed by atoms with Crippen molar-refractivity contribution in [2.45, 2.75) is 26.5 Å². The fourth-order valence-electron chi connectivity index (χ4n) is 2.67. The van der Waals surface area contributed by atoms with E-state index in [-0.39, 0.29) is 23.6 Å². The van der Waals surface area contributed by atoms with Gasteiger partial charge in [-0.25, -0.2) is 13.8 Å². The smallest absolute Gasteiger partial charge is 0.270 e. The Labute approximate surface area is 153 Å². The predicted molar refractivity (Wildman–Crippen MR) is 93.6 cm³/mol. The molecule has 3 aromatic rings. The highest BCUT2D eigenvalue weighted by molar-refractivity contribution is 5.96. The van der Waals surface area contributed by atoms with Crippen molar-refractivity contribution in [1.29, 1.82) is 0 Å². The van der Waals surface area contributed by atoms with Crippen LogP contribution in [0.4, 0.5) is 8.78 Å². The van der Waals surface area contributed by atoms with Gasteiger partial charge < -0.3 is 14.8 Å². The SMILES string of the molecule is Cc1nc2c(OCc3c(F)cccc3F)cccn2c1C(=O)N[C@@H](C)C=O. The molecule has 2 aromatic heterocycles. The van der Waals surface area contributed by atoms with Gasteiger partial charge in [-0.2, -0.15) is 0 Å². The summed E-state index contributed by atoms with van der Waals surface area (Å²) < 4.78 is 34.6. The lowest BCUT2D eigenvalue weighted by Crippen LogP contribution is -2.34. The van der Waals surface area contributed by atoms with Crippen LogP contribution in [0, 0.1) is 18.6 Å². The zero-order chi connectivity index (χ0) is 19.6. The molecule has 3 rings (SSSR count). The van der Waals surface area contributed by atoms with Crippen molar-refractivity contribution < 1.29 is 23.1 Å². The molecule has 8 heteroatoms. The van der Waals surface area contributed by atoms with E-state index in [1.54, 1.807) is 32.2 Å². The maximum Gasteiger partial charge on any atom is 0.270 e. The summed E-state index contributed by atoms with van der Waals surface area (Å²) in [5.74, 6) is -1.60. The number of rotatable bonds is 6. The molecule has 0 fully saturated rings. The normalized spacial score (nSPS) is 12.0. The van der Waals surface area contributed by atoms with Gasteiger partial charge in [0.2, 0.25) is 0 Å². The molecule has 0 saturated heterocycles. The molecular formula is C19H17F2N3O3. The number of nitrogens with one attached hydrogen (secondary N) is 1. The van der Waals surface area contributed by atoms with Crippen LogP contribution in [0.3, 0.4) is 0 Å². The van der Waals surface area contributed by atoms with Gasteiger partial charge in [0.25, 0.3) is 5.91 Å². The number of benzene rings is 1. The Morgan fingerprint density at radius 2 is 2.00 bits per heavy atom. The van der Waals surface area contributed by atoms with E-state index in [1.165, 1.54) is 10.5 Å². The molecule has 1 aromatic carbocycles. The second-order valence-corrected chi connectivity index (χ2v) is 6.00. The lowest BCUT2D eigenvalue weighted by Gasteiger charge is -2.10. The maximum absolute atomic E-state index is 13.8. The van der Waals surface area contributed by atoms with Crippen LogP contribution in [-0.2, 0) is 11.4 Å². The summed E-state index contributed by atoms with van der Waals surface area (Å²) in [6.07, 6.45) is 2.24. The summed E-state index contributed by atoms with van der Waals surface area (Å²) in [6, 6.07) is 6.15. The number of hydrogen-bond acceptors (Lipinski definition) is 4. The molecule has 1 N–H and O–H groups in total. The van der Waals surface area contributed by atoms with Crippen LogP contribution in [0.25, 0.3) is 5.65 Å². The van der Waals surface area contributed by atoms with Gasteiger partial charge in [0.1, 0.15) is 30.2 Å². The van der Waals surface area contributed by atoms with Gasteiger partial charge in [-0.3, -0.25) is 9.20 Å². The average molecular weight is 373 g/mol. The number of aldehydes is 1. The Hall–Kier alpha value is -3.29. The summed E-state index contributed by atoms with van der Waals surface area (Å²) in [5.41, 5.74) is 0.816. The molecule has 0 spiro atoms. The number of ether oxygens (including phenoxy) is 1. The summed E-state index contributed by atoms with van der Waals surface area (Å²) >= 11 is 0. The maximum atomic E-state index is 13.8. The van der Waals surface area contributed by atoms with Crippen molar-refractivity contribution in [1.82, 2.24) is 14.7 Å². The van der Waals surface area contributed by atoms with Crippen LogP contribution in [0.15, 0.2) is 36.5 Å². The first-order valence-corrected chi connectivity index (χ1v) is 8.22. The quantitative estimate of drug-likeness (QED) is 0.675. The van der Waals surface area contributed by atoms with Gasteiger partial charge in [-0.1, -0.05) is 6.07 Å². The summed E-state index contributed by atoms with van der Waals surface area (Å²) in [5, 5.41) is 2.55. The number of amides is 1. The van der Waals surface area contributed by atoms with E-state index >= 15 is 0 Å². The summed E-state index contributed by atoms with van der Waals surface area (Å²) in [6.45, 7) is 2.88. The number of nitrogens with zero attached hydrogens (tertiary/aromatic N) is 2. The third-order valence-corrected chi connectivity index (χ3v) is 4.00. The van der Waals surface area contributed by atoms with E-state index in [0.29, 0.717) is 17.6 Å². The fraction of sp³-hybridized carbons (Fsp3) is 0.211. The Kier molecular flexibility index (Phi) is 5.16. The minimum Gasteiger partial charge on any atom is -0.485 e. The van der Waals surface area contributed by atoms with Gasteiger partial charge in [0, 0.05) is 6.20 Å². The third kappa shape index (κ3) is 3.64. The van der Waals surface area contributed by atoms with Gasteiger partial charge in [-0.05, 0) is 38.1 Å². The largest absolute Gasteiger partial charge is 0.485 e. The molecule has 6 nitrogen and oxygen atoms in total. The van der Waals surface area contributed by atoms with Crippen LogP contribution in [-0.4, -0.2) is 27.6 Å². The lowest BCUT2D eigenvalue weighted by atomic mass is 10.2. The lowest BCUT2D eigenvalue weighted by molar-refractivity contribution is -0.109. The van der Waals surface area contributed by atoms with Crippen molar-refractivity contribution in [2.24, 2.45) is 0 Å². The van der Waals surface area contributed by atoms with Crippen molar-refractivity contribution in [3.05, 3.63) is 65.1 Å². The summed E-state index contributed by atoms with van der Waals surface area (Å²) in [7, 11) is 0. The Morgan fingerprint density at radius 1 is 1.30 bits per heavy atom. The Bertz CT molecular complexity index is 997. The molecule has 1 atom stereocenters. The molecular weight excluding hydrogens is 356 g/mol. The zero-order valence-corrected chi connectivity index (χ0v) is 14.7. The van der Waals surface area contributed by atoms with E-state index in [4.69, 9.17) is 4.74 Å². The van der Waals surface area contributed by atoms with E-state index in [1.807, 2.05) is 0 Å². The first kappa shape index (κ1) is 18.5. The first-order valence-electron chi connectivity index (χ1n) is 8.22. The molecule has 0 aliphatic carbocycles. The number of carbonyl (C=O) groups is 2. The van der Waals surface area contributed by atoms with Gasteiger partial charge in [0.15, 0.2) is 11.4 Å². The highest BCUT2D eigenvalue weighted by atomic mass is 19.1. The monoisotopic (exact) mass is 373 g/mol. The van der Waals surface area contributed by atoms with Gasteiger partial charge in [0.05, 0.1) is 17.3 Å². The first-order chi connectivity index (χ1) is 12.9. The standard InChI is InChI=1S/C19H17F2N3O3/c1-11(9-25)22-19(26)17-12(2)23-18-16(7-4-8-24(17)18)27-10-13-14(20)5-3-6-15(13)21/h3-9,11H,10H2,1-2H3,(H,22,26)/t11-/m0/s1.